The predicted octanol–water partition coefficient (Wildman–Crippen LogP) is 5.45. The van der Waals surface area contributed by atoms with Gasteiger partial charge in [0.1, 0.15) is 5.75 Å². The lowest BCUT2D eigenvalue weighted by molar-refractivity contribution is -0.123. The Bertz CT molecular complexity index is 1220. The van der Waals surface area contributed by atoms with Gasteiger partial charge in [-0.25, -0.2) is 5.43 Å². The van der Waals surface area contributed by atoms with Crippen LogP contribution in [-0.4, -0.2) is 18.7 Å². The molecule has 0 spiro atoms. The summed E-state index contributed by atoms with van der Waals surface area (Å²) in [5.74, 6) is 0.463. The molecular weight excluding hydrogens is 372 g/mol. The highest BCUT2D eigenvalue weighted by Gasteiger charge is 2.09. The number of amides is 1. The van der Waals surface area contributed by atoms with E-state index in [9.17, 15) is 4.79 Å². The number of hydrogen-bond donors (Lipinski definition) is 1. The normalized spacial score (nSPS) is 11.3. The first kappa shape index (κ1) is 19.6. The molecule has 4 heteroatoms. The van der Waals surface area contributed by atoms with Crippen LogP contribution in [0.4, 0.5) is 0 Å². The Kier molecular flexibility index (Phi) is 5.48. The Hall–Kier alpha value is -3.66. The van der Waals surface area contributed by atoms with Crippen molar-refractivity contribution in [2.24, 2.45) is 5.10 Å². The largest absolute Gasteiger partial charge is 0.483 e. The monoisotopic (exact) mass is 396 g/mol. The Labute approximate surface area is 176 Å². The van der Waals surface area contributed by atoms with Crippen LogP contribution in [0.1, 0.15) is 22.3 Å². The fourth-order valence-corrected chi connectivity index (χ4v) is 3.67. The Morgan fingerprint density at radius 3 is 2.17 bits per heavy atom. The summed E-state index contributed by atoms with van der Waals surface area (Å²) < 4.78 is 5.77. The van der Waals surface area contributed by atoms with Crippen LogP contribution < -0.4 is 10.2 Å². The average molecular weight is 396 g/mol. The standard InChI is InChI=1S/C26H24N2O2/c1-17-12-13-18(2)26(19(17)3)30-16-25(29)28-27-15-24-22-10-6-4-8-20(22)14-21-9-5-7-11-23(21)24/h4-15H,16H2,1-3H3,(H,28,29)/b27-15+. The number of rotatable bonds is 5. The van der Waals surface area contributed by atoms with Gasteiger partial charge in [0.25, 0.3) is 5.91 Å². The molecule has 0 fully saturated rings. The SMILES string of the molecule is Cc1ccc(C)c(OCC(=O)N/N=C/c2c3ccccc3cc3ccccc23)c1C. The van der Waals surface area contributed by atoms with Crippen LogP contribution in [-0.2, 0) is 4.79 Å². The summed E-state index contributed by atoms with van der Waals surface area (Å²) in [6.45, 7) is 5.92. The third-order valence-electron chi connectivity index (χ3n) is 5.42. The number of hydrogen-bond acceptors (Lipinski definition) is 3. The van der Waals surface area contributed by atoms with Crippen LogP contribution in [0.5, 0.6) is 5.75 Å². The molecular formula is C26H24N2O2. The summed E-state index contributed by atoms with van der Waals surface area (Å²) in [6, 6.07) is 22.6. The molecule has 0 atom stereocenters. The fraction of sp³-hybridized carbons (Fsp3) is 0.154. The van der Waals surface area contributed by atoms with E-state index in [4.69, 9.17) is 4.74 Å². The molecule has 4 nitrogen and oxygen atoms in total. The molecule has 0 aromatic heterocycles. The van der Waals surface area contributed by atoms with E-state index >= 15 is 0 Å². The van der Waals surface area contributed by atoms with E-state index in [0.717, 1.165) is 49.5 Å². The van der Waals surface area contributed by atoms with E-state index in [0.29, 0.717) is 0 Å². The molecule has 0 aliphatic heterocycles. The first-order valence-electron chi connectivity index (χ1n) is 9.96. The number of carbonyl (C=O) groups is 1. The lowest BCUT2D eigenvalue weighted by Gasteiger charge is -2.13. The van der Waals surface area contributed by atoms with Crippen molar-refractivity contribution in [3.8, 4) is 5.75 Å². The molecule has 30 heavy (non-hydrogen) atoms. The van der Waals surface area contributed by atoms with Crippen molar-refractivity contribution in [1.29, 1.82) is 0 Å². The van der Waals surface area contributed by atoms with Gasteiger partial charge in [0, 0.05) is 5.56 Å². The molecule has 4 aromatic rings. The number of aryl methyl sites for hydroxylation is 2. The highest BCUT2D eigenvalue weighted by Crippen LogP contribution is 2.27. The summed E-state index contributed by atoms with van der Waals surface area (Å²) >= 11 is 0. The van der Waals surface area contributed by atoms with Crippen molar-refractivity contribution < 1.29 is 9.53 Å². The van der Waals surface area contributed by atoms with Gasteiger partial charge in [-0.1, -0.05) is 60.7 Å². The highest BCUT2D eigenvalue weighted by molar-refractivity contribution is 6.13. The number of hydrazone groups is 1. The number of nitrogens with zero attached hydrogens (tertiary/aromatic N) is 1. The predicted molar refractivity (Wildman–Crippen MR) is 123 cm³/mol. The van der Waals surface area contributed by atoms with E-state index in [1.54, 1.807) is 6.21 Å². The summed E-state index contributed by atoms with van der Waals surface area (Å²) in [5.41, 5.74) is 6.77. The summed E-state index contributed by atoms with van der Waals surface area (Å²) in [4.78, 5) is 12.3. The number of benzene rings is 4. The van der Waals surface area contributed by atoms with Crippen molar-refractivity contribution in [1.82, 2.24) is 5.43 Å². The van der Waals surface area contributed by atoms with Crippen LogP contribution >= 0.6 is 0 Å². The highest BCUT2D eigenvalue weighted by atomic mass is 16.5. The number of nitrogens with one attached hydrogen (secondary N) is 1. The van der Waals surface area contributed by atoms with Gasteiger partial charge in [-0.2, -0.15) is 5.10 Å². The lowest BCUT2D eigenvalue weighted by atomic mass is 9.97. The second kappa shape index (κ2) is 8.37. The molecule has 0 saturated carbocycles. The van der Waals surface area contributed by atoms with Gasteiger partial charge < -0.3 is 4.74 Å². The van der Waals surface area contributed by atoms with Gasteiger partial charge in [-0.15, -0.1) is 0 Å². The zero-order valence-corrected chi connectivity index (χ0v) is 17.4. The molecule has 0 aliphatic carbocycles. The van der Waals surface area contributed by atoms with E-state index in [2.05, 4.69) is 46.9 Å². The van der Waals surface area contributed by atoms with E-state index < -0.39 is 0 Å². The molecule has 4 rings (SSSR count). The van der Waals surface area contributed by atoms with E-state index in [1.807, 2.05) is 51.1 Å². The topological polar surface area (TPSA) is 50.7 Å². The Morgan fingerprint density at radius 2 is 1.50 bits per heavy atom. The maximum Gasteiger partial charge on any atom is 0.277 e. The number of carbonyl (C=O) groups excluding carboxylic acids is 1. The van der Waals surface area contributed by atoms with Gasteiger partial charge in [0.2, 0.25) is 0 Å². The van der Waals surface area contributed by atoms with Crippen molar-refractivity contribution in [3.63, 3.8) is 0 Å². The van der Waals surface area contributed by atoms with Gasteiger partial charge in [-0.05, 0) is 65.1 Å². The minimum Gasteiger partial charge on any atom is -0.483 e. The smallest absolute Gasteiger partial charge is 0.277 e. The lowest BCUT2D eigenvalue weighted by Crippen LogP contribution is -2.25. The fourth-order valence-electron chi connectivity index (χ4n) is 3.67. The van der Waals surface area contributed by atoms with Crippen LogP contribution in [0.3, 0.4) is 0 Å². The maximum absolute atomic E-state index is 12.3. The van der Waals surface area contributed by atoms with Gasteiger partial charge in [0.05, 0.1) is 6.21 Å². The molecule has 0 bridgehead atoms. The zero-order chi connectivity index (χ0) is 21.1. The van der Waals surface area contributed by atoms with Gasteiger partial charge in [-0.3, -0.25) is 4.79 Å². The summed E-state index contributed by atoms with van der Waals surface area (Å²) in [6.07, 6.45) is 1.71. The Morgan fingerprint density at radius 1 is 0.900 bits per heavy atom. The molecule has 0 heterocycles. The van der Waals surface area contributed by atoms with Crippen molar-refractivity contribution in [2.75, 3.05) is 6.61 Å². The molecule has 1 amide bonds. The molecule has 150 valence electrons. The van der Waals surface area contributed by atoms with Gasteiger partial charge in [0.15, 0.2) is 6.61 Å². The van der Waals surface area contributed by atoms with E-state index in [1.165, 1.54) is 0 Å². The van der Waals surface area contributed by atoms with Crippen LogP contribution in [0.15, 0.2) is 71.8 Å². The second-order valence-electron chi connectivity index (χ2n) is 7.47. The number of fused-ring (bicyclic) bond motifs is 2. The third-order valence-corrected chi connectivity index (χ3v) is 5.42. The van der Waals surface area contributed by atoms with Crippen LogP contribution in [0.2, 0.25) is 0 Å². The minimum atomic E-state index is -0.295. The first-order valence-corrected chi connectivity index (χ1v) is 9.96. The molecule has 1 N–H and O–H groups in total. The van der Waals surface area contributed by atoms with E-state index in [-0.39, 0.29) is 12.5 Å². The van der Waals surface area contributed by atoms with Gasteiger partial charge >= 0.3 is 0 Å². The van der Waals surface area contributed by atoms with Crippen molar-refractivity contribution in [3.05, 3.63) is 89.0 Å². The van der Waals surface area contributed by atoms with Crippen LogP contribution in [0.25, 0.3) is 21.5 Å². The molecule has 0 aliphatic rings. The third kappa shape index (κ3) is 3.90. The molecule has 0 unspecified atom stereocenters. The van der Waals surface area contributed by atoms with Crippen molar-refractivity contribution >= 4 is 33.7 Å². The maximum atomic E-state index is 12.3. The summed E-state index contributed by atoms with van der Waals surface area (Å²) in [7, 11) is 0. The summed E-state index contributed by atoms with van der Waals surface area (Å²) in [5, 5.41) is 8.67. The molecule has 4 aromatic carbocycles. The van der Waals surface area contributed by atoms with Crippen LogP contribution in [0, 0.1) is 20.8 Å². The first-order chi connectivity index (χ1) is 14.5. The van der Waals surface area contributed by atoms with Crippen molar-refractivity contribution in [2.45, 2.75) is 20.8 Å². The quantitative estimate of drug-likeness (QED) is 0.277. The second-order valence-corrected chi connectivity index (χ2v) is 7.47. The Balaban J connectivity index is 1.53. The molecule has 0 saturated heterocycles. The minimum absolute atomic E-state index is 0.0846. The average Bonchev–Trinajstić information content (AvgIpc) is 2.76. The zero-order valence-electron chi connectivity index (χ0n) is 17.4. The molecule has 0 radical (unpaired) electrons. The number of ether oxygens (including phenoxy) is 1.